The summed E-state index contributed by atoms with van der Waals surface area (Å²) < 4.78 is 19.0. The molecule has 0 bridgehead atoms. The highest BCUT2D eigenvalue weighted by atomic mass is 31.2. The van der Waals surface area contributed by atoms with E-state index in [-0.39, 0.29) is 0 Å². The molecule has 96 valence electrons. The van der Waals surface area contributed by atoms with Crippen molar-refractivity contribution in [1.82, 2.24) is 0 Å². The third-order valence-electron chi connectivity index (χ3n) is 2.02. The van der Waals surface area contributed by atoms with E-state index in [9.17, 15) is 19.9 Å². The van der Waals surface area contributed by atoms with Crippen molar-refractivity contribution in [3.8, 4) is 0 Å². The SMILES string of the molecule is O=P(O)(O)O[C@]1(O)C[C@@H](O)[C@@H](O)[C@@H](CO)O1. The van der Waals surface area contributed by atoms with Crippen LogP contribution in [0, 0.1) is 0 Å². The lowest BCUT2D eigenvalue weighted by molar-refractivity contribution is -0.388. The summed E-state index contributed by atoms with van der Waals surface area (Å²) >= 11 is 0. The zero-order chi connectivity index (χ0) is 12.6. The number of hydrogen-bond acceptors (Lipinski definition) is 7. The highest BCUT2D eigenvalue weighted by Crippen LogP contribution is 2.44. The fourth-order valence-electron chi connectivity index (χ4n) is 1.38. The Kier molecular flexibility index (Phi) is 4.06. The Morgan fingerprint density at radius 3 is 2.44 bits per heavy atom. The molecule has 1 fully saturated rings. The van der Waals surface area contributed by atoms with E-state index >= 15 is 0 Å². The van der Waals surface area contributed by atoms with Crippen molar-refractivity contribution < 1.29 is 44.0 Å². The summed E-state index contributed by atoms with van der Waals surface area (Å²) in [5.41, 5.74) is 0. The van der Waals surface area contributed by atoms with Crippen molar-refractivity contribution in [2.75, 3.05) is 6.61 Å². The molecule has 0 aromatic heterocycles. The molecule has 0 unspecified atom stereocenters. The zero-order valence-electron chi connectivity index (χ0n) is 8.00. The van der Waals surface area contributed by atoms with Gasteiger partial charge >= 0.3 is 7.82 Å². The van der Waals surface area contributed by atoms with Gasteiger partial charge < -0.3 is 34.9 Å². The van der Waals surface area contributed by atoms with Gasteiger partial charge in [0.25, 0.3) is 5.97 Å². The lowest BCUT2D eigenvalue weighted by Crippen LogP contribution is -2.56. The Balaban J connectivity index is 2.79. The van der Waals surface area contributed by atoms with Gasteiger partial charge in [0.2, 0.25) is 0 Å². The van der Waals surface area contributed by atoms with E-state index in [4.69, 9.17) is 14.9 Å². The van der Waals surface area contributed by atoms with Crippen LogP contribution in [0.25, 0.3) is 0 Å². The van der Waals surface area contributed by atoms with Crippen LogP contribution in [0.2, 0.25) is 0 Å². The summed E-state index contributed by atoms with van der Waals surface area (Å²) in [6, 6.07) is 0. The molecule has 1 saturated heterocycles. The van der Waals surface area contributed by atoms with Crippen LogP contribution in [0.1, 0.15) is 6.42 Å². The molecule has 0 aromatic carbocycles. The zero-order valence-corrected chi connectivity index (χ0v) is 8.90. The summed E-state index contributed by atoms with van der Waals surface area (Å²) in [4.78, 5) is 17.0. The second kappa shape index (κ2) is 4.65. The number of hydrogen-bond donors (Lipinski definition) is 6. The predicted molar refractivity (Wildman–Crippen MR) is 46.7 cm³/mol. The van der Waals surface area contributed by atoms with Crippen molar-refractivity contribution in [3.63, 3.8) is 0 Å². The van der Waals surface area contributed by atoms with Crippen molar-refractivity contribution >= 4 is 7.82 Å². The third-order valence-corrected chi connectivity index (χ3v) is 2.54. The predicted octanol–water partition coefficient (Wildman–Crippen LogP) is -2.76. The second-order valence-electron chi connectivity index (χ2n) is 3.40. The van der Waals surface area contributed by atoms with Crippen molar-refractivity contribution in [2.24, 2.45) is 0 Å². The summed E-state index contributed by atoms with van der Waals surface area (Å²) in [5.74, 6) is -2.74. The average Bonchev–Trinajstić information content (AvgIpc) is 2.08. The van der Waals surface area contributed by atoms with Crippen LogP contribution in [0.15, 0.2) is 0 Å². The Morgan fingerprint density at radius 1 is 1.44 bits per heavy atom. The molecule has 0 aromatic rings. The van der Waals surface area contributed by atoms with Gasteiger partial charge in [-0.15, -0.1) is 0 Å². The summed E-state index contributed by atoms with van der Waals surface area (Å²) in [7, 11) is -5.03. The second-order valence-corrected chi connectivity index (χ2v) is 4.56. The highest BCUT2D eigenvalue weighted by molar-refractivity contribution is 7.46. The molecule has 0 aliphatic carbocycles. The minimum atomic E-state index is -5.03. The van der Waals surface area contributed by atoms with E-state index in [1.54, 1.807) is 0 Å². The van der Waals surface area contributed by atoms with E-state index < -0.39 is 45.1 Å². The number of phosphoric acid groups is 1. The van der Waals surface area contributed by atoms with Gasteiger partial charge in [-0.25, -0.2) is 9.09 Å². The van der Waals surface area contributed by atoms with E-state index in [1.165, 1.54) is 0 Å². The lowest BCUT2D eigenvalue weighted by Gasteiger charge is -2.40. The first-order valence-corrected chi connectivity index (χ1v) is 5.83. The maximum absolute atomic E-state index is 10.5. The molecule has 9 nitrogen and oxygen atoms in total. The van der Waals surface area contributed by atoms with Gasteiger partial charge in [-0.2, -0.15) is 0 Å². The maximum atomic E-state index is 10.5. The summed E-state index contributed by atoms with van der Waals surface area (Å²) in [6.07, 6.45) is -5.18. The molecule has 6 N–H and O–H groups in total. The minimum Gasteiger partial charge on any atom is -0.394 e. The largest absolute Gasteiger partial charge is 0.473 e. The van der Waals surface area contributed by atoms with Crippen molar-refractivity contribution in [1.29, 1.82) is 0 Å². The topological polar surface area (TPSA) is 157 Å². The van der Waals surface area contributed by atoms with Gasteiger partial charge in [-0.3, -0.25) is 0 Å². The molecular formula is C6H13O9P. The summed E-state index contributed by atoms with van der Waals surface area (Å²) in [5, 5.41) is 36.8. The fourth-order valence-corrected chi connectivity index (χ4v) is 1.87. The van der Waals surface area contributed by atoms with Crippen molar-refractivity contribution in [3.05, 3.63) is 0 Å². The lowest BCUT2D eigenvalue weighted by atomic mass is 10.0. The number of aliphatic hydroxyl groups excluding tert-OH is 3. The molecule has 10 heteroatoms. The molecule has 0 saturated carbocycles. The molecular weight excluding hydrogens is 247 g/mol. The fraction of sp³-hybridized carbons (Fsp3) is 1.00. The van der Waals surface area contributed by atoms with Crippen LogP contribution in [-0.4, -0.2) is 61.1 Å². The summed E-state index contributed by atoms with van der Waals surface area (Å²) in [6.45, 7) is -0.759. The standard InChI is InChI=1S/C6H13O9P/c7-2-4-5(9)3(8)1-6(10,14-4)15-16(11,12)13/h3-5,7-10H,1-2H2,(H2,11,12,13)/t3-,4-,5-,6+/m1/s1. The van der Waals surface area contributed by atoms with Crippen LogP contribution >= 0.6 is 7.82 Å². The molecule has 1 rings (SSSR count). The van der Waals surface area contributed by atoms with Gasteiger partial charge in [-0.05, 0) is 0 Å². The first kappa shape index (κ1) is 14.0. The van der Waals surface area contributed by atoms with Gasteiger partial charge in [-0.1, -0.05) is 0 Å². The molecule has 4 atom stereocenters. The molecule has 0 radical (unpaired) electrons. The van der Waals surface area contributed by atoms with Gasteiger partial charge in [0, 0.05) is 0 Å². The van der Waals surface area contributed by atoms with E-state index in [1.807, 2.05) is 0 Å². The third kappa shape index (κ3) is 3.45. The molecule has 16 heavy (non-hydrogen) atoms. The Morgan fingerprint density at radius 2 is 2.00 bits per heavy atom. The van der Waals surface area contributed by atoms with Gasteiger partial charge in [0.05, 0.1) is 19.1 Å². The van der Waals surface area contributed by atoms with Crippen LogP contribution in [0.4, 0.5) is 0 Å². The number of ether oxygens (including phenoxy) is 1. The molecule has 1 heterocycles. The minimum absolute atomic E-state index is 0.754. The number of aliphatic hydroxyl groups is 4. The number of phosphoric ester groups is 1. The maximum Gasteiger partial charge on any atom is 0.473 e. The van der Waals surface area contributed by atoms with Crippen molar-refractivity contribution in [2.45, 2.75) is 30.7 Å². The Hall–Kier alpha value is -0.0900. The smallest absolute Gasteiger partial charge is 0.394 e. The van der Waals surface area contributed by atoms with Crippen LogP contribution in [0.5, 0.6) is 0 Å². The first-order chi connectivity index (χ1) is 7.17. The molecule has 1 aliphatic heterocycles. The quantitative estimate of drug-likeness (QED) is 0.233. The van der Waals surface area contributed by atoms with E-state index in [2.05, 4.69) is 9.26 Å². The Bertz CT molecular complexity index is 290. The van der Waals surface area contributed by atoms with Gasteiger partial charge in [0.15, 0.2) is 0 Å². The average molecular weight is 260 g/mol. The monoisotopic (exact) mass is 260 g/mol. The normalized spacial score (nSPS) is 41.0. The highest BCUT2D eigenvalue weighted by Gasteiger charge is 2.49. The Labute approximate surface area is 90.1 Å². The molecule has 0 spiro atoms. The van der Waals surface area contributed by atoms with Crippen LogP contribution in [0.3, 0.4) is 0 Å². The van der Waals surface area contributed by atoms with Crippen LogP contribution < -0.4 is 0 Å². The number of rotatable bonds is 3. The van der Waals surface area contributed by atoms with E-state index in [0.717, 1.165) is 0 Å². The van der Waals surface area contributed by atoms with Gasteiger partial charge in [0.1, 0.15) is 12.2 Å². The van der Waals surface area contributed by atoms with E-state index in [0.29, 0.717) is 0 Å². The molecule has 1 aliphatic rings. The molecule has 0 amide bonds. The first-order valence-electron chi connectivity index (χ1n) is 4.30. The van der Waals surface area contributed by atoms with Crippen LogP contribution in [-0.2, 0) is 13.8 Å².